The second-order valence-electron chi connectivity index (χ2n) is 8.36. The fraction of sp³-hybridized carbons (Fsp3) is 0.476. The first-order chi connectivity index (χ1) is 15.2. The van der Waals surface area contributed by atoms with Gasteiger partial charge < -0.3 is 4.74 Å². The van der Waals surface area contributed by atoms with E-state index in [1.165, 1.54) is 28.0 Å². The Bertz CT molecular complexity index is 1130. The Morgan fingerprint density at radius 1 is 1.31 bits per heavy atom. The first-order valence-corrected chi connectivity index (χ1v) is 12.3. The highest BCUT2D eigenvalue weighted by molar-refractivity contribution is 7.91. The van der Waals surface area contributed by atoms with Gasteiger partial charge in [0.15, 0.2) is 21.4 Å². The van der Waals surface area contributed by atoms with Crippen molar-refractivity contribution in [2.45, 2.75) is 32.2 Å². The quantitative estimate of drug-likeness (QED) is 0.539. The van der Waals surface area contributed by atoms with Crippen LogP contribution < -0.4 is 15.0 Å². The molecule has 0 bridgehead atoms. The van der Waals surface area contributed by atoms with Crippen molar-refractivity contribution < 1.29 is 27.1 Å². The molecule has 1 saturated heterocycles. The van der Waals surface area contributed by atoms with Gasteiger partial charge in [0.1, 0.15) is 6.54 Å². The van der Waals surface area contributed by atoms with Crippen LogP contribution in [0.15, 0.2) is 30.6 Å². The van der Waals surface area contributed by atoms with Crippen LogP contribution in [0.2, 0.25) is 0 Å². The molecule has 2 fully saturated rings. The largest absolute Gasteiger partial charge is 0.490 e. The molecular formula is C21H25FN4O5S. The summed E-state index contributed by atoms with van der Waals surface area (Å²) in [7, 11) is -3.44. The lowest BCUT2D eigenvalue weighted by atomic mass is 10.0. The fourth-order valence-corrected chi connectivity index (χ4v) is 5.07. The van der Waals surface area contributed by atoms with Crippen LogP contribution in [0.5, 0.6) is 5.75 Å². The molecule has 0 radical (unpaired) electrons. The smallest absolute Gasteiger partial charge is 0.329 e. The molecule has 1 aliphatic heterocycles. The highest BCUT2D eigenvalue weighted by Crippen LogP contribution is 2.31. The molecule has 11 heteroatoms. The van der Waals surface area contributed by atoms with E-state index >= 15 is 0 Å². The molecule has 3 amide bonds. The zero-order valence-corrected chi connectivity index (χ0v) is 18.5. The van der Waals surface area contributed by atoms with Gasteiger partial charge in [-0.05, 0) is 42.4 Å². The second-order valence-corrected chi connectivity index (χ2v) is 10.6. The summed E-state index contributed by atoms with van der Waals surface area (Å²) in [6.07, 6.45) is 5.13. The number of sulfone groups is 1. The van der Waals surface area contributed by atoms with Crippen molar-refractivity contribution in [3.8, 4) is 5.75 Å². The predicted octanol–water partition coefficient (Wildman–Crippen LogP) is 2.09. The lowest BCUT2D eigenvalue weighted by Gasteiger charge is -2.15. The Hall–Kier alpha value is -2.95. The van der Waals surface area contributed by atoms with Crippen LogP contribution in [-0.4, -0.2) is 54.8 Å². The van der Waals surface area contributed by atoms with E-state index in [0.717, 1.165) is 12.8 Å². The number of anilines is 1. The van der Waals surface area contributed by atoms with Crippen molar-refractivity contribution in [1.29, 1.82) is 0 Å². The number of ether oxygens (including phenoxy) is 1. The number of imide groups is 1. The van der Waals surface area contributed by atoms with Gasteiger partial charge >= 0.3 is 6.03 Å². The molecule has 1 aliphatic carbocycles. The standard InChI is InChI=1S/C21H25FN4O5S/c1-14(16-4-5-18(22)19(8-16)31-12-15-2-3-15)13-32(29,30)7-6-25-10-17(9-23-25)26-11-20(27)24-21(26)28/h4-5,8-10,14-15H,2-3,6-7,11-13H2,1H3,(H,24,27,28)/t14-/m0/s1. The van der Waals surface area contributed by atoms with E-state index in [1.54, 1.807) is 19.1 Å². The molecule has 0 spiro atoms. The average molecular weight is 465 g/mol. The maximum absolute atomic E-state index is 14.0. The molecular weight excluding hydrogens is 439 g/mol. The van der Waals surface area contributed by atoms with E-state index in [2.05, 4.69) is 10.4 Å². The molecule has 1 N–H and O–H groups in total. The summed E-state index contributed by atoms with van der Waals surface area (Å²) in [4.78, 5) is 24.3. The van der Waals surface area contributed by atoms with Gasteiger partial charge in [-0.25, -0.2) is 17.6 Å². The molecule has 4 rings (SSSR count). The van der Waals surface area contributed by atoms with Gasteiger partial charge in [-0.15, -0.1) is 0 Å². The van der Waals surface area contributed by atoms with Crippen LogP contribution in [0.1, 0.15) is 31.2 Å². The monoisotopic (exact) mass is 464 g/mol. The number of carbonyl (C=O) groups is 2. The Morgan fingerprint density at radius 2 is 2.09 bits per heavy atom. The van der Waals surface area contributed by atoms with Crippen molar-refractivity contribution in [2.24, 2.45) is 5.92 Å². The topological polar surface area (TPSA) is 111 Å². The fourth-order valence-electron chi connectivity index (χ4n) is 3.49. The highest BCUT2D eigenvalue weighted by atomic mass is 32.2. The van der Waals surface area contributed by atoms with Gasteiger partial charge in [0.05, 0.1) is 36.5 Å². The number of aryl methyl sites for hydroxylation is 1. The zero-order chi connectivity index (χ0) is 22.9. The van der Waals surface area contributed by atoms with Crippen LogP contribution >= 0.6 is 0 Å². The number of nitrogens with one attached hydrogen (secondary N) is 1. The number of nitrogens with zero attached hydrogens (tertiary/aromatic N) is 3. The molecule has 1 aromatic carbocycles. The summed E-state index contributed by atoms with van der Waals surface area (Å²) in [6.45, 7) is 2.28. The summed E-state index contributed by atoms with van der Waals surface area (Å²) in [5, 5.41) is 6.26. The number of hydrogen-bond donors (Lipinski definition) is 1. The minimum atomic E-state index is -3.44. The molecule has 1 atom stereocenters. The van der Waals surface area contributed by atoms with E-state index in [1.807, 2.05) is 0 Å². The van der Waals surface area contributed by atoms with Gasteiger partial charge in [0, 0.05) is 6.20 Å². The minimum absolute atomic E-state index is 0.0929. The van der Waals surface area contributed by atoms with E-state index < -0.39 is 27.6 Å². The molecule has 1 saturated carbocycles. The number of halogens is 1. The van der Waals surface area contributed by atoms with E-state index in [0.29, 0.717) is 23.8 Å². The van der Waals surface area contributed by atoms with Crippen LogP contribution in [0.4, 0.5) is 14.9 Å². The van der Waals surface area contributed by atoms with Crippen LogP contribution in [-0.2, 0) is 21.2 Å². The van der Waals surface area contributed by atoms with Gasteiger partial charge in [-0.2, -0.15) is 5.10 Å². The molecule has 2 aromatic rings. The number of aromatic nitrogens is 2. The molecule has 2 aliphatic rings. The summed E-state index contributed by atoms with van der Waals surface area (Å²) in [5.41, 5.74) is 1.12. The van der Waals surface area contributed by atoms with Gasteiger partial charge in [-0.3, -0.25) is 19.7 Å². The van der Waals surface area contributed by atoms with Gasteiger partial charge in [0.25, 0.3) is 0 Å². The normalized spacial score (nSPS) is 17.5. The van der Waals surface area contributed by atoms with Crippen molar-refractivity contribution >= 4 is 27.5 Å². The number of urea groups is 1. The third-order valence-corrected chi connectivity index (χ3v) is 7.37. The van der Waals surface area contributed by atoms with Crippen LogP contribution in [0.3, 0.4) is 0 Å². The van der Waals surface area contributed by atoms with E-state index in [-0.39, 0.29) is 36.3 Å². The van der Waals surface area contributed by atoms with Gasteiger partial charge in [-0.1, -0.05) is 13.0 Å². The second kappa shape index (κ2) is 8.89. The number of benzene rings is 1. The van der Waals surface area contributed by atoms with Crippen molar-refractivity contribution in [3.05, 3.63) is 42.0 Å². The predicted molar refractivity (Wildman–Crippen MR) is 115 cm³/mol. The first kappa shape index (κ1) is 22.3. The van der Waals surface area contributed by atoms with Gasteiger partial charge in [0.2, 0.25) is 5.91 Å². The van der Waals surface area contributed by atoms with Crippen LogP contribution in [0, 0.1) is 11.7 Å². The van der Waals surface area contributed by atoms with Crippen molar-refractivity contribution in [1.82, 2.24) is 15.1 Å². The lowest BCUT2D eigenvalue weighted by molar-refractivity contribution is -0.117. The van der Waals surface area contributed by atoms with Crippen molar-refractivity contribution in [2.75, 3.05) is 29.6 Å². The Kier molecular flexibility index (Phi) is 6.18. The molecule has 9 nitrogen and oxygen atoms in total. The zero-order valence-electron chi connectivity index (χ0n) is 17.7. The summed E-state index contributed by atoms with van der Waals surface area (Å²) >= 11 is 0. The third kappa shape index (κ3) is 5.45. The summed E-state index contributed by atoms with van der Waals surface area (Å²) < 4.78 is 46.3. The number of amides is 3. The number of rotatable bonds is 10. The highest BCUT2D eigenvalue weighted by Gasteiger charge is 2.29. The molecule has 172 valence electrons. The maximum atomic E-state index is 14.0. The Labute approximate surface area is 185 Å². The summed E-state index contributed by atoms with van der Waals surface area (Å²) in [6, 6.07) is 3.95. The maximum Gasteiger partial charge on any atom is 0.329 e. The average Bonchev–Trinajstić information content (AvgIpc) is 3.33. The molecule has 2 heterocycles. The van der Waals surface area contributed by atoms with Crippen LogP contribution in [0.25, 0.3) is 0 Å². The first-order valence-electron chi connectivity index (χ1n) is 10.5. The molecule has 32 heavy (non-hydrogen) atoms. The SMILES string of the molecule is C[C@@H](CS(=O)(=O)CCn1cc(N2CC(=O)NC2=O)cn1)c1ccc(F)c(OCC2CC2)c1. The minimum Gasteiger partial charge on any atom is -0.490 e. The van der Waals surface area contributed by atoms with E-state index in [9.17, 15) is 22.4 Å². The number of hydrogen-bond acceptors (Lipinski definition) is 6. The Balaban J connectivity index is 1.33. The van der Waals surface area contributed by atoms with Crippen molar-refractivity contribution in [3.63, 3.8) is 0 Å². The molecule has 1 aromatic heterocycles. The third-order valence-electron chi connectivity index (χ3n) is 5.56. The summed E-state index contributed by atoms with van der Waals surface area (Å²) in [5.74, 6) is -0.788. The Morgan fingerprint density at radius 3 is 2.78 bits per heavy atom. The van der Waals surface area contributed by atoms with E-state index in [4.69, 9.17) is 4.74 Å². The number of carbonyl (C=O) groups excluding carboxylic acids is 2. The molecule has 0 unspecified atom stereocenters. The lowest BCUT2D eigenvalue weighted by Crippen LogP contribution is -2.27.